The van der Waals surface area contributed by atoms with Crippen LogP contribution >= 0.6 is 34.5 Å². The van der Waals surface area contributed by atoms with E-state index < -0.39 is 17.4 Å². The van der Waals surface area contributed by atoms with Crippen molar-refractivity contribution in [2.45, 2.75) is 12.8 Å². The topological polar surface area (TPSA) is 98.1 Å². The summed E-state index contributed by atoms with van der Waals surface area (Å²) in [5.41, 5.74) is 7.21. The second kappa shape index (κ2) is 9.28. The third-order valence-electron chi connectivity index (χ3n) is 5.17. The van der Waals surface area contributed by atoms with Gasteiger partial charge < -0.3 is 10.5 Å². The highest BCUT2D eigenvalue weighted by molar-refractivity contribution is 7.07. The fraction of sp³-hybridized carbons (Fsp3) is 0.125. The van der Waals surface area contributed by atoms with Crippen molar-refractivity contribution >= 4 is 58.0 Å². The molecule has 2 heterocycles. The number of allylic oxidation sites excluding steroid dienone is 1. The molecule has 0 bridgehead atoms. The molecule has 33 heavy (non-hydrogen) atoms. The molecule has 1 atom stereocenters. The van der Waals surface area contributed by atoms with Crippen LogP contribution in [0.25, 0.3) is 17.5 Å². The van der Waals surface area contributed by atoms with Gasteiger partial charge in [0.15, 0.2) is 0 Å². The molecule has 1 aliphatic rings. The average molecular weight is 498 g/mol. The molecular weight excluding hydrogens is 481 g/mol. The number of esters is 1. The number of nitriles is 1. The van der Waals surface area contributed by atoms with Crippen LogP contribution in [0.15, 0.2) is 58.9 Å². The molecule has 3 aromatic rings. The molecule has 0 amide bonds. The lowest BCUT2D eigenvalue weighted by Crippen LogP contribution is -2.40. The van der Waals surface area contributed by atoms with Crippen molar-refractivity contribution in [3.63, 3.8) is 0 Å². The van der Waals surface area contributed by atoms with E-state index in [1.807, 2.05) is 0 Å². The van der Waals surface area contributed by atoms with Crippen LogP contribution in [-0.4, -0.2) is 17.1 Å². The Bertz CT molecular complexity index is 1530. The van der Waals surface area contributed by atoms with Crippen molar-refractivity contribution < 1.29 is 9.53 Å². The summed E-state index contributed by atoms with van der Waals surface area (Å²) in [6, 6.07) is 16.0. The maximum Gasteiger partial charge on any atom is 0.338 e. The number of hydrogen-bond acceptors (Lipinski definition) is 6. The summed E-state index contributed by atoms with van der Waals surface area (Å²) in [5.74, 6) is -1.58. The van der Waals surface area contributed by atoms with Crippen LogP contribution < -0.4 is 20.5 Å². The number of nitrogens with two attached hydrogens (primary N) is 1. The maximum atomic E-state index is 13.3. The van der Waals surface area contributed by atoms with Crippen LogP contribution in [0, 0.1) is 11.3 Å². The minimum atomic E-state index is -0.881. The summed E-state index contributed by atoms with van der Waals surface area (Å²) in [7, 11) is 0. The summed E-state index contributed by atoms with van der Waals surface area (Å²) in [6.45, 7) is 1.80. The van der Waals surface area contributed by atoms with Crippen LogP contribution in [0.2, 0.25) is 10.0 Å². The van der Waals surface area contributed by atoms with E-state index in [9.17, 15) is 14.9 Å². The molecule has 0 radical (unpaired) electrons. The zero-order valence-corrected chi connectivity index (χ0v) is 19.7. The minimum absolute atomic E-state index is 0.0443. The standard InChI is InChI=1S/C24H17Cl2N3O3S/c1-2-32-24(31)20-19(14-8-4-6-10-17(14)26)15(12-27)21(28)29-22(30)18(33-23(20)29)11-13-7-3-5-9-16(13)25/h3-11,19H,2,28H2,1H3/b18-11-/t19-/m1/s1. The van der Waals surface area contributed by atoms with Gasteiger partial charge in [-0.05, 0) is 36.3 Å². The number of benzene rings is 2. The van der Waals surface area contributed by atoms with Crippen molar-refractivity contribution in [2.24, 2.45) is 5.73 Å². The summed E-state index contributed by atoms with van der Waals surface area (Å²) in [4.78, 5) is 26.5. The van der Waals surface area contributed by atoms with Crippen LogP contribution in [0.4, 0.5) is 0 Å². The third-order valence-corrected chi connectivity index (χ3v) is 6.97. The second-order valence-electron chi connectivity index (χ2n) is 7.08. The van der Waals surface area contributed by atoms with Gasteiger partial charge in [-0.15, -0.1) is 11.3 Å². The van der Waals surface area contributed by atoms with Crippen LogP contribution in [0.3, 0.4) is 0 Å². The Morgan fingerprint density at radius 1 is 1.21 bits per heavy atom. The molecule has 0 saturated carbocycles. The smallest absolute Gasteiger partial charge is 0.338 e. The molecule has 0 aliphatic carbocycles. The molecule has 9 heteroatoms. The zero-order valence-electron chi connectivity index (χ0n) is 17.3. The van der Waals surface area contributed by atoms with E-state index in [1.54, 1.807) is 61.5 Å². The first-order valence-corrected chi connectivity index (χ1v) is 11.5. The molecule has 2 N–H and O–H groups in total. The predicted molar refractivity (Wildman–Crippen MR) is 130 cm³/mol. The largest absolute Gasteiger partial charge is 0.463 e. The van der Waals surface area contributed by atoms with Crippen molar-refractivity contribution in [2.75, 3.05) is 6.61 Å². The molecular formula is C24H17Cl2N3O3S. The molecule has 0 unspecified atom stereocenters. The Kier molecular flexibility index (Phi) is 6.43. The second-order valence-corrected chi connectivity index (χ2v) is 8.92. The summed E-state index contributed by atoms with van der Waals surface area (Å²) in [6.07, 6.45) is 1.63. The molecule has 166 valence electrons. The first kappa shape index (κ1) is 22.9. The molecule has 2 aromatic carbocycles. The SMILES string of the molecule is CCOC(=O)C1=c2s/c(=C\c3ccccc3Cl)c(=O)n2C(N)=C(C#N)[C@H]1c1ccccc1Cl. The molecule has 1 aliphatic heterocycles. The van der Waals surface area contributed by atoms with Crippen molar-refractivity contribution in [1.82, 2.24) is 4.57 Å². The van der Waals surface area contributed by atoms with Gasteiger partial charge in [0.25, 0.3) is 5.56 Å². The first-order chi connectivity index (χ1) is 15.9. The highest BCUT2D eigenvalue weighted by Gasteiger charge is 2.37. The number of nitrogens with zero attached hydrogens (tertiary/aromatic N) is 2. The quantitative estimate of drug-likeness (QED) is 0.558. The minimum Gasteiger partial charge on any atom is -0.463 e. The Labute approximate surface area is 203 Å². The summed E-state index contributed by atoms with van der Waals surface area (Å²) < 4.78 is 7.09. The molecule has 6 nitrogen and oxygen atoms in total. The Morgan fingerprint density at radius 2 is 1.88 bits per heavy atom. The van der Waals surface area contributed by atoms with Gasteiger partial charge in [0.1, 0.15) is 10.5 Å². The van der Waals surface area contributed by atoms with Crippen LogP contribution in [0.5, 0.6) is 0 Å². The lowest BCUT2D eigenvalue weighted by molar-refractivity contribution is -0.136. The number of aromatic nitrogens is 1. The van der Waals surface area contributed by atoms with Crippen LogP contribution in [-0.2, 0) is 9.53 Å². The van der Waals surface area contributed by atoms with E-state index in [4.69, 9.17) is 33.7 Å². The van der Waals surface area contributed by atoms with E-state index in [0.29, 0.717) is 25.7 Å². The van der Waals surface area contributed by atoms with Gasteiger partial charge >= 0.3 is 5.97 Å². The number of hydrogen-bond donors (Lipinski definition) is 1. The lowest BCUT2D eigenvalue weighted by Gasteiger charge is -2.25. The number of carbonyl (C=O) groups is 1. The van der Waals surface area contributed by atoms with Gasteiger partial charge in [-0.3, -0.25) is 9.36 Å². The summed E-state index contributed by atoms with van der Waals surface area (Å²) in [5, 5.41) is 10.8. The van der Waals surface area contributed by atoms with Gasteiger partial charge in [-0.25, -0.2) is 4.79 Å². The number of rotatable bonds is 4. The molecule has 4 rings (SSSR count). The molecule has 1 aromatic heterocycles. The lowest BCUT2D eigenvalue weighted by atomic mass is 9.84. The molecule has 0 saturated heterocycles. The number of carbonyl (C=O) groups excluding carboxylic acids is 1. The van der Waals surface area contributed by atoms with Gasteiger partial charge in [-0.2, -0.15) is 5.26 Å². The highest BCUT2D eigenvalue weighted by atomic mass is 35.5. The normalized spacial score (nSPS) is 15.9. The van der Waals surface area contributed by atoms with E-state index in [-0.39, 0.29) is 28.2 Å². The third kappa shape index (κ3) is 3.98. The maximum absolute atomic E-state index is 13.3. The Balaban J connectivity index is 2.14. The number of halogens is 2. The monoisotopic (exact) mass is 497 g/mol. The highest BCUT2D eigenvalue weighted by Crippen LogP contribution is 2.39. The van der Waals surface area contributed by atoms with E-state index in [0.717, 1.165) is 11.3 Å². The van der Waals surface area contributed by atoms with Gasteiger partial charge in [0, 0.05) is 10.0 Å². The van der Waals surface area contributed by atoms with Crippen molar-refractivity contribution in [1.29, 1.82) is 5.26 Å². The Morgan fingerprint density at radius 3 is 2.52 bits per heavy atom. The van der Waals surface area contributed by atoms with Gasteiger partial charge in [0.2, 0.25) is 0 Å². The summed E-state index contributed by atoms with van der Waals surface area (Å²) >= 11 is 13.8. The molecule has 0 spiro atoms. The van der Waals surface area contributed by atoms with Gasteiger partial charge in [-0.1, -0.05) is 59.6 Å². The van der Waals surface area contributed by atoms with Crippen molar-refractivity contribution in [3.05, 3.63) is 94.8 Å². The number of ether oxygens (including phenoxy) is 1. The first-order valence-electron chi connectivity index (χ1n) is 9.93. The fourth-order valence-electron chi connectivity index (χ4n) is 3.71. The van der Waals surface area contributed by atoms with Gasteiger partial charge in [0.05, 0.1) is 34.3 Å². The van der Waals surface area contributed by atoms with Crippen molar-refractivity contribution in [3.8, 4) is 6.07 Å². The number of thiazole rings is 1. The van der Waals surface area contributed by atoms with E-state index in [1.165, 1.54) is 4.57 Å². The fourth-order valence-corrected chi connectivity index (χ4v) is 5.30. The zero-order chi connectivity index (χ0) is 23.7. The Hall–Kier alpha value is -3.31. The average Bonchev–Trinajstić information content (AvgIpc) is 3.11. The van der Waals surface area contributed by atoms with E-state index >= 15 is 0 Å². The predicted octanol–water partition coefficient (Wildman–Crippen LogP) is 3.21. The van der Waals surface area contributed by atoms with Crippen LogP contribution in [0.1, 0.15) is 24.0 Å². The number of fused-ring (bicyclic) bond motifs is 1. The van der Waals surface area contributed by atoms with E-state index in [2.05, 4.69) is 6.07 Å². The molecule has 0 fully saturated rings.